The van der Waals surface area contributed by atoms with Crippen LogP contribution in [0.1, 0.15) is 19.8 Å². The third kappa shape index (κ3) is 5.89. The summed E-state index contributed by atoms with van der Waals surface area (Å²) in [6.45, 7) is 4.11. The van der Waals surface area contributed by atoms with Gasteiger partial charge >= 0.3 is 0 Å². The fraction of sp³-hybridized carbons (Fsp3) is 0.571. The lowest BCUT2D eigenvalue weighted by atomic mass is 10.3. The van der Waals surface area contributed by atoms with Crippen LogP contribution in [0.25, 0.3) is 0 Å². The number of rotatable bonds is 8. The minimum Gasteiger partial charge on any atom is -0.491 e. The highest BCUT2D eigenvalue weighted by Gasteiger charge is 2.08. The number of benzene rings is 1. The first kappa shape index (κ1) is 14.8. The van der Waals surface area contributed by atoms with E-state index in [4.69, 9.17) is 10.5 Å². The highest BCUT2D eigenvalue weighted by molar-refractivity contribution is 5.41. The molecule has 0 aliphatic rings. The van der Waals surface area contributed by atoms with Crippen LogP contribution in [0.2, 0.25) is 0 Å². The Bertz CT molecular complexity index is 327. The molecule has 4 nitrogen and oxygen atoms in total. The number of hydrogen-bond donors (Lipinski definition) is 2. The van der Waals surface area contributed by atoms with Crippen LogP contribution < -0.4 is 10.5 Å². The third-order valence-electron chi connectivity index (χ3n) is 2.74. The number of nitrogens with two attached hydrogens (primary N) is 1. The minimum atomic E-state index is -0.468. The van der Waals surface area contributed by atoms with E-state index < -0.39 is 6.10 Å². The van der Waals surface area contributed by atoms with Gasteiger partial charge in [-0.05, 0) is 44.3 Å². The van der Waals surface area contributed by atoms with Crippen molar-refractivity contribution in [3.63, 3.8) is 0 Å². The number of aliphatic hydroxyl groups is 1. The molecule has 1 aromatic rings. The highest BCUT2D eigenvalue weighted by atomic mass is 16.5. The summed E-state index contributed by atoms with van der Waals surface area (Å²) in [6, 6.07) is 7.19. The molecule has 4 heteroatoms. The van der Waals surface area contributed by atoms with E-state index in [1.807, 2.05) is 19.2 Å². The Hall–Kier alpha value is -1.26. The zero-order valence-electron chi connectivity index (χ0n) is 11.3. The van der Waals surface area contributed by atoms with Gasteiger partial charge in [-0.3, -0.25) is 0 Å². The zero-order valence-corrected chi connectivity index (χ0v) is 11.3. The standard InChI is InChI=1S/C14H24N2O2/c1-3-4-9-16(2)10-13(17)11-18-14-7-5-12(15)6-8-14/h5-8,13,17H,3-4,9-11,15H2,1-2H3. The maximum Gasteiger partial charge on any atom is 0.119 e. The van der Waals surface area contributed by atoms with Crippen molar-refractivity contribution in [2.45, 2.75) is 25.9 Å². The fourth-order valence-corrected chi connectivity index (χ4v) is 1.69. The summed E-state index contributed by atoms with van der Waals surface area (Å²) in [5.41, 5.74) is 6.29. The Labute approximate surface area is 109 Å². The molecular weight excluding hydrogens is 228 g/mol. The van der Waals surface area contributed by atoms with E-state index in [1.54, 1.807) is 12.1 Å². The molecule has 0 amide bonds. The van der Waals surface area contributed by atoms with Gasteiger partial charge < -0.3 is 20.5 Å². The summed E-state index contributed by atoms with van der Waals surface area (Å²) < 4.78 is 5.50. The Morgan fingerprint density at radius 3 is 2.61 bits per heavy atom. The molecule has 1 unspecified atom stereocenters. The van der Waals surface area contributed by atoms with Crippen LogP contribution in [-0.2, 0) is 0 Å². The van der Waals surface area contributed by atoms with Gasteiger partial charge in [-0.15, -0.1) is 0 Å². The lowest BCUT2D eigenvalue weighted by molar-refractivity contribution is 0.0760. The highest BCUT2D eigenvalue weighted by Crippen LogP contribution is 2.13. The number of aliphatic hydroxyl groups excluding tert-OH is 1. The Kier molecular flexibility index (Phi) is 6.54. The predicted octanol–water partition coefficient (Wildman–Crippen LogP) is 1.74. The second kappa shape index (κ2) is 7.95. The summed E-state index contributed by atoms with van der Waals surface area (Å²) in [5, 5.41) is 9.84. The smallest absolute Gasteiger partial charge is 0.119 e. The van der Waals surface area contributed by atoms with Gasteiger partial charge in [0.2, 0.25) is 0 Å². The maximum atomic E-state index is 9.84. The van der Waals surface area contributed by atoms with Crippen LogP contribution in [0.4, 0.5) is 5.69 Å². The van der Waals surface area contributed by atoms with Crippen molar-refractivity contribution in [2.75, 3.05) is 32.5 Å². The van der Waals surface area contributed by atoms with Crippen LogP contribution in [0.15, 0.2) is 24.3 Å². The van der Waals surface area contributed by atoms with E-state index in [0.29, 0.717) is 18.8 Å². The van der Waals surface area contributed by atoms with Gasteiger partial charge in [-0.1, -0.05) is 13.3 Å². The minimum absolute atomic E-state index is 0.306. The summed E-state index contributed by atoms with van der Waals surface area (Å²) in [4.78, 5) is 2.13. The molecule has 0 aliphatic carbocycles. The number of ether oxygens (including phenoxy) is 1. The Balaban J connectivity index is 2.24. The largest absolute Gasteiger partial charge is 0.491 e. The van der Waals surface area contributed by atoms with E-state index in [9.17, 15) is 5.11 Å². The van der Waals surface area contributed by atoms with Gasteiger partial charge in [-0.25, -0.2) is 0 Å². The van der Waals surface area contributed by atoms with Gasteiger partial charge in [0.15, 0.2) is 0 Å². The van der Waals surface area contributed by atoms with Gasteiger partial charge in [0.1, 0.15) is 18.5 Å². The van der Waals surface area contributed by atoms with Crippen LogP contribution >= 0.6 is 0 Å². The maximum absolute atomic E-state index is 9.84. The molecule has 3 N–H and O–H groups in total. The molecule has 0 fully saturated rings. The van der Waals surface area contributed by atoms with Gasteiger partial charge in [-0.2, -0.15) is 0 Å². The van der Waals surface area contributed by atoms with Gasteiger partial charge in [0.05, 0.1) is 0 Å². The number of hydrogen-bond acceptors (Lipinski definition) is 4. The molecule has 0 saturated heterocycles. The first-order valence-corrected chi connectivity index (χ1v) is 6.46. The van der Waals surface area contributed by atoms with E-state index in [2.05, 4.69) is 11.8 Å². The molecule has 0 saturated carbocycles. The number of nitrogens with zero attached hydrogens (tertiary/aromatic N) is 1. The average Bonchev–Trinajstić information content (AvgIpc) is 2.35. The molecule has 1 rings (SSSR count). The number of nitrogen functional groups attached to an aromatic ring is 1. The second-order valence-corrected chi connectivity index (χ2v) is 4.65. The molecular formula is C14H24N2O2. The normalized spacial score (nSPS) is 12.7. The van der Waals surface area contributed by atoms with Crippen LogP contribution in [-0.4, -0.2) is 42.9 Å². The Morgan fingerprint density at radius 2 is 2.00 bits per heavy atom. The number of unbranched alkanes of at least 4 members (excludes halogenated alkanes) is 1. The predicted molar refractivity (Wildman–Crippen MR) is 74.8 cm³/mol. The molecule has 0 radical (unpaired) electrons. The van der Waals surface area contributed by atoms with E-state index in [0.717, 1.165) is 18.7 Å². The molecule has 102 valence electrons. The number of likely N-dealkylation sites (N-methyl/N-ethyl adjacent to an activating group) is 1. The molecule has 18 heavy (non-hydrogen) atoms. The molecule has 0 heterocycles. The summed E-state index contributed by atoms with van der Waals surface area (Å²) in [5.74, 6) is 0.736. The average molecular weight is 252 g/mol. The van der Waals surface area contributed by atoms with Crippen LogP contribution in [0.5, 0.6) is 5.75 Å². The van der Waals surface area contributed by atoms with E-state index in [-0.39, 0.29) is 0 Å². The van der Waals surface area contributed by atoms with Crippen molar-refractivity contribution < 1.29 is 9.84 Å². The van der Waals surface area contributed by atoms with E-state index >= 15 is 0 Å². The summed E-state index contributed by atoms with van der Waals surface area (Å²) in [6.07, 6.45) is 1.86. The van der Waals surface area contributed by atoms with Crippen molar-refractivity contribution in [3.8, 4) is 5.75 Å². The molecule has 0 bridgehead atoms. The van der Waals surface area contributed by atoms with Gasteiger partial charge in [0, 0.05) is 12.2 Å². The van der Waals surface area contributed by atoms with Crippen molar-refractivity contribution in [1.82, 2.24) is 4.90 Å². The molecule has 1 aromatic carbocycles. The third-order valence-corrected chi connectivity index (χ3v) is 2.74. The molecule has 0 spiro atoms. The van der Waals surface area contributed by atoms with Crippen molar-refractivity contribution in [2.24, 2.45) is 0 Å². The van der Waals surface area contributed by atoms with E-state index in [1.165, 1.54) is 6.42 Å². The molecule has 0 aliphatic heterocycles. The Morgan fingerprint density at radius 1 is 1.33 bits per heavy atom. The first-order chi connectivity index (χ1) is 8.61. The van der Waals surface area contributed by atoms with Crippen molar-refractivity contribution in [1.29, 1.82) is 0 Å². The van der Waals surface area contributed by atoms with Crippen LogP contribution in [0.3, 0.4) is 0 Å². The lowest BCUT2D eigenvalue weighted by Crippen LogP contribution is -2.33. The lowest BCUT2D eigenvalue weighted by Gasteiger charge is -2.20. The quantitative estimate of drug-likeness (QED) is 0.692. The second-order valence-electron chi connectivity index (χ2n) is 4.65. The number of anilines is 1. The molecule has 1 atom stereocenters. The first-order valence-electron chi connectivity index (χ1n) is 6.46. The van der Waals surface area contributed by atoms with Crippen molar-refractivity contribution in [3.05, 3.63) is 24.3 Å². The monoisotopic (exact) mass is 252 g/mol. The fourth-order valence-electron chi connectivity index (χ4n) is 1.69. The summed E-state index contributed by atoms with van der Waals surface area (Å²) >= 11 is 0. The van der Waals surface area contributed by atoms with Crippen molar-refractivity contribution >= 4 is 5.69 Å². The van der Waals surface area contributed by atoms with Crippen LogP contribution in [0, 0.1) is 0 Å². The zero-order chi connectivity index (χ0) is 13.4. The molecule has 0 aromatic heterocycles. The topological polar surface area (TPSA) is 58.7 Å². The SMILES string of the molecule is CCCCN(C)CC(O)COc1ccc(N)cc1. The van der Waals surface area contributed by atoms with Gasteiger partial charge in [0.25, 0.3) is 0 Å². The summed E-state index contributed by atoms with van der Waals surface area (Å²) in [7, 11) is 2.02.